The van der Waals surface area contributed by atoms with Crippen LogP contribution >= 0.6 is 0 Å². The maximum Gasteiger partial charge on any atom is 0.409 e. The van der Waals surface area contributed by atoms with Crippen LogP contribution < -0.4 is 5.32 Å². The molecule has 1 fully saturated rings. The summed E-state index contributed by atoms with van der Waals surface area (Å²) in [5.74, 6) is 2.60. The molecule has 0 unspecified atom stereocenters. The van der Waals surface area contributed by atoms with E-state index in [1.807, 2.05) is 49.9 Å². The fraction of sp³-hybridized carbons (Fsp3) is 0.500. The molecule has 0 spiro atoms. The van der Waals surface area contributed by atoms with Gasteiger partial charge in [0, 0.05) is 51.3 Å². The van der Waals surface area contributed by atoms with Crippen LogP contribution in [-0.2, 0) is 11.3 Å². The van der Waals surface area contributed by atoms with Gasteiger partial charge in [-0.2, -0.15) is 0 Å². The predicted molar refractivity (Wildman–Crippen MR) is 111 cm³/mol. The molecule has 9 heteroatoms. The number of carbonyl (C=O) groups is 1. The fourth-order valence-corrected chi connectivity index (χ4v) is 3.18. The topological polar surface area (TPSA) is 87.9 Å². The van der Waals surface area contributed by atoms with Crippen molar-refractivity contribution in [2.24, 2.45) is 4.99 Å². The maximum absolute atomic E-state index is 11.9. The van der Waals surface area contributed by atoms with E-state index in [0.717, 1.165) is 42.8 Å². The molecule has 2 aromatic rings. The molecule has 29 heavy (non-hydrogen) atoms. The predicted octanol–water partition coefficient (Wildman–Crippen LogP) is 1.82. The SMILES string of the molecule is CCNC(=NCc1ccc(-n2ccnc2C)nc1)N1CCN(C(=O)OCC)CC1. The Labute approximate surface area is 171 Å². The van der Waals surface area contributed by atoms with Crippen LogP contribution in [0.5, 0.6) is 0 Å². The summed E-state index contributed by atoms with van der Waals surface area (Å²) < 4.78 is 7.03. The Hall–Kier alpha value is -3.10. The Kier molecular flexibility index (Phi) is 7.04. The average molecular weight is 399 g/mol. The molecule has 1 aliphatic rings. The number of piperazine rings is 1. The monoisotopic (exact) mass is 399 g/mol. The minimum atomic E-state index is -0.242. The minimum Gasteiger partial charge on any atom is -0.450 e. The number of aliphatic imine (C=N–C) groups is 1. The van der Waals surface area contributed by atoms with Crippen molar-refractivity contribution >= 4 is 12.1 Å². The van der Waals surface area contributed by atoms with E-state index in [4.69, 9.17) is 9.73 Å². The van der Waals surface area contributed by atoms with Crippen LogP contribution in [-0.4, -0.2) is 75.7 Å². The number of aryl methyl sites for hydroxylation is 1. The molecule has 0 saturated carbocycles. The van der Waals surface area contributed by atoms with Crippen molar-refractivity contribution < 1.29 is 9.53 Å². The van der Waals surface area contributed by atoms with Crippen LogP contribution in [0.3, 0.4) is 0 Å². The number of pyridine rings is 1. The second-order valence-electron chi connectivity index (χ2n) is 6.71. The van der Waals surface area contributed by atoms with Gasteiger partial charge in [0.05, 0.1) is 13.2 Å². The summed E-state index contributed by atoms with van der Waals surface area (Å²) >= 11 is 0. The molecule has 0 radical (unpaired) electrons. The molecule has 0 aromatic carbocycles. The van der Waals surface area contributed by atoms with Gasteiger partial charge in [-0.25, -0.2) is 19.8 Å². The quantitative estimate of drug-likeness (QED) is 0.609. The fourth-order valence-electron chi connectivity index (χ4n) is 3.18. The number of nitrogens with zero attached hydrogens (tertiary/aromatic N) is 6. The highest BCUT2D eigenvalue weighted by molar-refractivity contribution is 5.80. The minimum absolute atomic E-state index is 0.242. The number of ether oxygens (including phenoxy) is 1. The first-order valence-corrected chi connectivity index (χ1v) is 10.0. The van der Waals surface area contributed by atoms with E-state index in [2.05, 4.69) is 20.2 Å². The normalized spacial score (nSPS) is 14.8. The number of nitrogens with one attached hydrogen (secondary N) is 1. The van der Waals surface area contributed by atoms with Gasteiger partial charge in [0.25, 0.3) is 0 Å². The summed E-state index contributed by atoms with van der Waals surface area (Å²) in [6.07, 6.45) is 5.27. The van der Waals surface area contributed by atoms with Crippen molar-refractivity contribution in [1.82, 2.24) is 29.7 Å². The van der Waals surface area contributed by atoms with E-state index >= 15 is 0 Å². The van der Waals surface area contributed by atoms with Crippen LogP contribution in [0.25, 0.3) is 5.82 Å². The van der Waals surface area contributed by atoms with Gasteiger partial charge >= 0.3 is 6.09 Å². The van der Waals surface area contributed by atoms with Crippen molar-refractivity contribution in [3.8, 4) is 5.82 Å². The molecule has 1 saturated heterocycles. The van der Waals surface area contributed by atoms with Gasteiger partial charge in [0.1, 0.15) is 11.6 Å². The van der Waals surface area contributed by atoms with Crippen molar-refractivity contribution in [2.45, 2.75) is 27.3 Å². The highest BCUT2D eigenvalue weighted by atomic mass is 16.6. The van der Waals surface area contributed by atoms with Gasteiger partial charge in [-0.1, -0.05) is 6.07 Å². The number of amides is 1. The largest absolute Gasteiger partial charge is 0.450 e. The zero-order chi connectivity index (χ0) is 20.6. The van der Waals surface area contributed by atoms with E-state index in [0.29, 0.717) is 26.2 Å². The Morgan fingerprint density at radius 1 is 1.17 bits per heavy atom. The lowest BCUT2D eigenvalue weighted by atomic mass is 10.3. The molecule has 1 N–H and O–H groups in total. The molecule has 9 nitrogen and oxygen atoms in total. The summed E-state index contributed by atoms with van der Waals surface area (Å²) in [7, 11) is 0. The Balaban J connectivity index is 1.61. The summed E-state index contributed by atoms with van der Waals surface area (Å²) in [5, 5.41) is 3.34. The van der Waals surface area contributed by atoms with Crippen molar-refractivity contribution in [1.29, 1.82) is 0 Å². The number of hydrogen-bond acceptors (Lipinski definition) is 5. The molecule has 1 aliphatic heterocycles. The molecular weight excluding hydrogens is 370 g/mol. The number of guanidine groups is 1. The smallest absolute Gasteiger partial charge is 0.409 e. The second kappa shape index (κ2) is 9.90. The van der Waals surface area contributed by atoms with Crippen molar-refractivity contribution in [2.75, 3.05) is 39.3 Å². The van der Waals surface area contributed by atoms with Crippen LogP contribution in [0, 0.1) is 6.92 Å². The number of rotatable bonds is 5. The highest BCUT2D eigenvalue weighted by Crippen LogP contribution is 2.10. The number of carbonyl (C=O) groups excluding carboxylic acids is 1. The zero-order valence-corrected chi connectivity index (χ0v) is 17.3. The molecule has 3 heterocycles. The molecule has 0 aliphatic carbocycles. The van der Waals surface area contributed by atoms with E-state index in [-0.39, 0.29) is 6.09 Å². The standard InChI is InChI=1S/C20H29N7O2/c1-4-21-19(25-10-12-26(13-11-25)20(28)29-5-2)24-15-17-6-7-18(23-14-17)27-9-8-22-16(27)3/h6-9,14H,4-5,10-13,15H2,1-3H3,(H,21,24). The second-order valence-corrected chi connectivity index (χ2v) is 6.71. The lowest BCUT2D eigenvalue weighted by Gasteiger charge is -2.35. The van der Waals surface area contributed by atoms with Gasteiger partial charge < -0.3 is 19.9 Å². The third-order valence-corrected chi connectivity index (χ3v) is 4.73. The molecular formula is C20H29N7O2. The van der Waals surface area contributed by atoms with Crippen LogP contribution in [0.4, 0.5) is 4.79 Å². The Bertz CT molecular complexity index is 824. The third kappa shape index (κ3) is 5.24. The third-order valence-electron chi connectivity index (χ3n) is 4.73. The van der Waals surface area contributed by atoms with Crippen LogP contribution in [0.15, 0.2) is 35.7 Å². The lowest BCUT2D eigenvalue weighted by Crippen LogP contribution is -2.53. The number of aromatic nitrogens is 3. The lowest BCUT2D eigenvalue weighted by molar-refractivity contribution is 0.0914. The van der Waals surface area contributed by atoms with Crippen LogP contribution in [0.2, 0.25) is 0 Å². The highest BCUT2D eigenvalue weighted by Gasteiger charge is 2.23. The van der Waals surface area contributed by atoms with E-state index < -0.39 is 0 Å². The first kappa shape index (κ1) is 20.6. The molecule has 1 amide bonds. The molecule has 156 valence electrons. The van der Waals surface area contributed by atoms with Crippen molar-refractivity contribution in [3.05, 3.63) is 42.1 Å². The molecule has 0 bridgehead atoms. The van der Waals surface area contributed by atoms with E-state index in [9.17, 15) is 4.79 Å². The van der Waals surface area contributed by atoms with Gasteiger partial charge in [0.15, 0.2) is 5.96 Å². The van der Waals surface area contributed by atoms with E-state index in [1.54, 1.807) is 11.1 Å². The molecule has 2 aromatic heterocycles. The van der Waals surface area contributed by atoms with E-state index in [1.165, 1.54) is 0 Å². The van der Waals surface area contributed by atoms with Crippen LogP contribution in [0.1, 0.15) is 25.2 Å². The summed E-state index contributed by atoms with van der Waals surface area (Å²) in [4.78, 5) is 29.3. The first-order chi connectivity index (χ1) is 14.1. The first-order valence-electron chi connectivity index (χ1n) is 10.0. The number of hydrogen-bond donors (Lipinski definition) is 1. The zero-order valence-electron chi connectivity index (χ0n) is 17.3. The average Bonchev–Trinajstić information content (AvgIpc) is 3.18. The maximum atomic E-state index is 11.9. The summed E-state index contributed by atoms with van der Waals surface area (Å²) in [6.45, 7) is 10.2. The van der Waals surface area contributed by atoms with Gasteiger partial charge in [0.2, 0.25) is 0 Å². The van der Waals surface area contributed by atoms with Gasteiger partial charge in [-0.05, 0) is 32.4 Å². The molecule has 3 rings (SSSR count). The Morgan fingerprint density at radius 2 is 1.93 bits per heavy atom. The molecule has 0 atom stereocenters. The Morgan fingerprint density at radius 3 is 2.52 bits per heavy atom. The number of imidazole rings is 1. The van der Waals surface area contributed by atoms with Gasteiger partial charge in [-0.3, -0.25) is 4.57 Å². The summed E-state index contributed by atoms with van der Waals surface area (Å²) in [5.41, 5.74) is 1.03. The van der Waals surface area contributed by atoms with Crippen molar-refractivity contribution in [3.63, 3.8) is 0 Å². The summed E-state index contributed by atoms with van der Waals surface area (Å²) in [6, 6.07) is 4.01. The van der Waals surface area contributed by atoms with Gasteiger partial charge in [-0.15, -0.1) is 0 Å².